The van der Waals surface area contributed by atoms with Crippen molar-refractivity contribution in [1.29, 1.82) is 0 Å². The molecular weight excluding hydrogens is 623 g/mol. The lowest BCUT2D eigenvalue weighted by Crippen LogP contribution is -2.08. The van der Waals surface area contributed by atoms with E-state index in [1.165, 1.54) is 0 Å². The minimum Gasteiger partial charge on any atom is -0.309 e. The van der Waals surface area contributed by atoms with Crippen LogP contribution in [0.15, 0.2) is 176 Å². The highest BCUT2D eigenvalue weighted by Gasteiger charge is 2.21. The molecule has 0 unspecified atom stereocenters. The zero-order chi connectivity index (χ0) is 37.8. The largest absolute Gasteiger partial charge is 0.309 e. The van der Waals surface area contributed by atoms with Gasteiger partial charge in [-0.3, -0.25) is 9.13 Å². The predicted octanol–water partition coefficient (Wildman–Crippen LogP) is 11.4. The summed E-state index contributed by atoms with van der Waals surface area (Å²) in [6, 6.07) is 46.5. The van der Waals surface area contributed by atoms with Gasteiger partial charge in [-0.2, -0.15) is 4.98 Å². The van der Waals surface area contributed by atoms with Gasteiger partial charge in [0.1, 0.15) is 5.82 Å². The summed E-state index contributed by atoms with van der Waals surface area (Å²) in [4.78, 5) is 10.5. The molecule has 0 saturated heterocycles. The molecule has 0 aliphatic carbocycles. The average molecular weight is 657 g/mol. The standard InChI is InChI=1S/C46H29N5/c1-8-22-38-30(15-1)31-16-2-9-23-39(31)49(38)44-28-14-7-21-36(44)37-29-45(50-40-24-10-3-17-32(40)33-18-4-11-25-41(33)50)48-46(47-37)51-42-26-12-5-19-34(42)35-20-6-13-27-43(35)51/h1-29H/i7D,14D,21D,28D,29D. The molecule has 0 radical (unpaired) electrons. The molecule has 0 atom stereocenters. The molecule has 0 bridgehead atoms. The van der Waals surface area contributed by atoms with Crippen molar-refractivity contribution in [3.8, 4) is 28.7 Å². The normalized spacial score (nSPS) is 13.3. The van der Waals surface area contributed by atoms with Crippen LogP contribution >= 0.6 is 0 Å². The van der Waals surface area contributed by atoms with Crippen molar-refractivity contribution >= 4 is 65.4 Å². The SMILES string of the molecule is [2H]c1c(-c2c([2H])c([2H])c([2H])c([2H])c2-n2c3ccccc3c3ccccc32)nc(-n2c3ccccc3c3ccccc32)nc1-n1c2ccccc2c2ccccc21. The fraction of sp³-hybridized carbons (Fsp3) is 0. The molecule has 4 aromatic heterocycles. The fourth-order valence-corrected chi connectivity index (χ4v) is 7.80. The Labute approximate surface area is 299 Å². The van der Waals surface area contributed by atoms with Crippen LogP contribution in [0.4, 0.5) is 0 Å². The summed E-state index contributed by atoms with van der Waals surface area (Å²) < 4.78 is 52.9. The molecule has 11 rings (SSSR count). The average Bonchev–Trinajstić information content (AvgIpc) is 3.88. The van der Waals surface area contributed by atoms with Crippen molar-refractivity contribution in [1.82, 2.24) is 23.7 Å². The Morgan fingerprint density at radius 2 is 0.765 bits per heavy atom. The minimum atomic E-state index is -0.413. The number of para-hydroxylation sites is 7. The minimum absolute atomic E-state index is 0.0759. The maximum Gasteiger partial charge on any atom is 0.237 e. The van der Waals surface area contributed by atoms with E-state index in [-0.39, 0.29) is 52.9 Å². The van der Waals surface area contributed by atoms with E-state index in [1.54, 1.807) is 0 Å². The Hall–Kier alpha value is -6.98. The molecule has 51 heavy (non-hydrogen) atoms. The lowest BCUT2D eigenvalue weighted by atomic mass is 10.1. The van der Waals surface area contributed by atoms with E-state index >= 15 is 0 Å². The van der Waals surface area contributed by atoms with Crippen molar-refractivity contribution < 1.29 is 6.85 Å². The molecule has 0 aliphatic rings. The number of rotatable bonds is 4. The van der Waals surface area contributed by atoms with Crippen LogP contribution in [0, 0.1) is 0 Å². The van der Waals surface area contributed by atoms with Crippen LogP contribution in [0.3, 0.4) is 0 Å². The van der Waals surface area contributed by atoms with Gasteiger partial charge >= 0.3 is 0 Å². The molecule has 7 aromatic carbocycles. The number of nitrogens with zero attached hydrogens (tertiary/aromatic N) is 5. The summed E-state index contributed by atoms with van der Waals surface area (Å²) in [6.07, 6.45) is 0. The number of aromatic nitrogens is 5. The summed E-state index contributed by atoms with van der Waals surface area (Å²) >= 11 is 0. The molecule has 0 fully saturated rings. The van der Waals surface area contributed by atoms with Crippen LogP contribution in [0.2, 0.25) is 0 Å². The first kappa shape index (κ1) is 23.4. The lowest BCUT2D eigenvalue weighted by molar-refractivity contribution is 0.951. The van der Waals surface area contributed by atoms with Gasteiger partial charge in [0.2, 0.25) is 5.95 Å². The van der Waals surface area contributed by atoms with E-state index in [0.29, 0.717) is 0 Å². The third-order valence-electron chi connectivity index (χ3n) is 9.93. The first-order valence-electron chi connectivity index (χ1n) is 19.4. The van der Waals surface area contributed by atoms with Crippen LogP contribution in [0.1, 0.15) is 6.85 Å². The van der Waals surface area contributed by atoms with Gasteiger partial charge in [0.05, 0.1) is 51.3 Å². The molecule has 0 amide bonds. The zero-order valence-electron chi connectivity index (χ0n) is 32.1. The maximum absolute atomic E-state index is 10.1. The third-order valence-corrected chi connectivity index (χ3v) is 9.93. The summed E-state index contributed by atoms with van der Waals surface area (Å²) in [6.45, 7) is 0. The van der Waals surface area contributed by atoms with E-state index in [4.69, 9.17) is 12.7 Å². The molecule has 0 saturated carbocycles. The predicted molar refractivity (Wildman–Crippen MR) is 210 cm³/mol. The van der Waals surface area contributed by atoms with Crippen LogP contribution < -0.4 is 0 Å². The van der Waals surface area contributed by atoms with Crippen molar-refractivity contribution in [2.45, 2.75) is 0 Å². The molecule has 5 nitrogen and oxygen atoms in total. The molecule has 0 N–H and O–H groups in total. The molecular formula is C46H29N5. The van der Waals surface area contributed by atoms with E-state index in [1.807, 2.05) is 135 Å². The van der Waals surface area contributed by atoms with Gasteiger partial charge in [-0.1, -0.05) is 127 Å². The molecule has 0 spiro atoms. The highest BCUT2D eigenvalue weighted by molar-refractivity contribution is 6.11. The van der Waals surface area contributed by atoms with Gasteiger partial charge in [-0.05, 0) is 42.4 Å². The van der Waals surface area contributed by atoms with Crippen molar-refractivity contribution in [2.75, 3.05) is 0 Å². The summed E-state index contributed by atoms with van der Waals surface area (Å²) in [7, 11) is 0. The fourth-order valence-electron chi connectivity index (χ4n) is 7.80. The first-order valence-corrected chi connectivity index (χ1v) is 16.9. The number of benzene rings is 7. The van der Waals surface area contributed by atoms with E-state index in [0.717, 1.165) is 65.4 Å². The molecule has 0 aliphatic heterocycles. The quantitative estimate of drug-likeness (QED) is 0.189. The Balaban J connectivity index is 1.35. The maximum atomic E-state index is 10.1. The van der Waals surface area contributed by atoms with Gasteiger partial charge in [-0.15, -0.1) is 0 Å². The Kier molecular flexibility index (Phi) is 4.93. The van der Waals surface area contributed by atoms with Crippen molar-refractivity contribution in [2.24, 2.45) is 0 Å². The smallest absolute Gasteiger partial charge is 0.237 e. The topological polar surface area (TPSA) is 40.6 Å². The van der Waals surface area contributed by atoms with Gasteiger partial charge in [0.15, 0.2) is 0 Å². The van der Waals surface area contributed by atoms with Crippen LogP contribution in [-0.2, 0) is 0 Å². The molecule has 5 heteroatoms. The molecule has 4 heterocycles. The highest BCUT2D eigenvalue weighted by Crippen LogP contribution is 2.38. The summed E-state index contributed by atoms with van der Waals surface area (Å²) in [5, 5.41) is 5.88. The van der Waals surface area contributed by atoms with Crippen LogP contribution in [0.5, 0.6) is 0 Å². The third kappa shape index (κ3) is 4.03. The van der Waals surface area contributed by atoms with Crippen molar-refractivity contribution in [3.63, 3.8) is 0 Å². The summed E-state index contributed by atoms with van der Waals surface area (Å²) in [5.74, 6) is 0.552. The number of hydrogen-bond acceptors (Lipinski definition) is 2. The van der Waals surface area contributed by atoms with Crippen molar-refractivity contribution in [3.05, 3.63) is 176 Å². The van der Waals surface area contributed by atoms with Gasteiger partial charge in [0, 0.05) is 43.9 Å². The number of hydrogen-bond donors (Lipinski definition) is 0. The summed E-state index contributed by atoms with van der Waals surface area (Å²) in [5.41, 5.74) is 5.36. The Morgan fingerprint density at radius 1 is 0.392 bits per heavy atom. The molecule has 11 aromatic rings. The monoisotopic (exact) mass is 656 g/mol. The number of fused-ring (bicyclic) bond motifs is 9. The van der Waals surface area contributed by atoms with Gasteiger partial charge < -0.3 is 4.57 Å². The molecule has 238 valence electrons. The zero-order valence-corrected chi connectivity index (χ0v) is 27.1. The van der Waals surface area contributed by atoms with E-state index in [9.17, 15) is 4.11 Å². The highest BCUT2D eigenvalue weighted by atomic mass is 15.2. The van der Waals surface area contributed by atoms with E-state index in [2.05, 4.69) is 24.3 Å². The Morgan fingerprint density at radius 3 is 1.22 bits per heavy atom. The van der Waals surface area contributed by atoms with Crippen LogP contribution in [0.25, 0.3) is 94.1 Å². The second-order valence-corrected chi connectivity index (χ2v) is 12.7. The first-order chi connectivity index (χ1) is 27.4. The van der Waals surface area contributed by atoms with Gasteiger partial charge in [0.25, 0.3) is 0 Å². The Bertz CT molecular complexity index is 3290. The second-order valence-electron chi connectivity index (χ2n) is 12.7. The second kappa shape index (κ2) is 10.8. The lowest BCUT2D eigenvalue weighted by Gasteiger charge is -2.16. The van der Waals surface area contributed by atoms with Crippen LogP contribution in [-0.4, -0.2) is 23.7 Å². The van der Waals surface area contributed by atoms with Gasteiger partial charge in [-0.25, -0.2) is 4.98 Å². The van der Waals surface area contributed by atoms with E-state index < -0.39 is 6.04 Å².